The van der Waals surface area contributed by atoms with E-state index in [1.807, 2.05) is 0 Å². The van der Waals surface area contributed by atoms with Crippen LogP contribution in [0.15, 0.2) is 18.5 Å². The lowest BCUT2D eigenvalue weighted by Crippen LogP contribution is -2.33. The highest BCUT2D eigenvalue weighted by molar-refractivity contribution is 5.50. The van der Waals surface area contributed by atoms with E-state index in [1.165, 1.54) is 0 Å². The fourth-order valence-corrected chi connectivity index (χ4v) is 2.02. The van der Waals surface area contributed by atoms with E-state index in [0.717, 1.165) is 31.0 Å². The number of aryl methyl sites for hydroxylation is 1. The molecule has 0 aliphatic heterocycles. The van der Waals surface area contributed by atoms with Crippen molar-refractivity contribution in [2.45, 2.75) is 47.1 Å². The third kappa shape index (κ3) is 3.90. The van der Waals surface area contributed by atoms with Gasteiger partial charge in [0, 0.05) is 0 Å². The Bertz CT molecular complexity index is 411. The van der Waals surface area contributed by atoms with Gasteiger partial charge in [-0.2, -0.15) is 0 Å². The quantitative estimate of drug-likeness (QED) is 0.581. The number of hydrogen-bond acceptors (Lipinski definition) is 1. The summed E-state index contributed by atoms with van der Waals surface area (Å²) in [6.45, 7) is 9.91. The molecule has 0 aliphatic carbocycles. The molecule has 0 bridgehead atoms. The SMILES string of the molecule is CCC/C=C(/OC)c1n(CC(C)(C)C)cc[n+]1C. The molecule has 0 unspecified atom stereocenters. The van der Waals surface area contributed by atoms with Gasteiger partial charge in [0.1, 0.15) is 12.4 Å². The number of hydrogen-bond donors (Lipinski definition) is 0. The smallest absolute Gasteiger partial charge is 0.323 e. The fraction of sp³-hybridized carbons (Fsp3) is 0.667. The molecule has 0 amide bonds. The van der Waals surface area contributed by atoms with E-state index in [0.29, 0.717) is 0 Å². The summed E-state index contributed by atoms with van der Waals surface area (Å²) >= 11 is 0. The predicted octanol–water partition coefficient (Wildman–Crippen LogP) is 3.15. The van der Waals surface area contributed by atoms with Gasteiger partial charge in [0.15, 0.2) is 0 Å². The zero-order chi connectivity index (χ0) is 13.8. The maximum atomic E-state index is 5.55. The first-order chi connectivity index (χ1) is 8.39. The van der Waals surface area contributed by atoms with Crippen LogP contribution in [0.4, 0.5) is 0 Å². The van der Waals surface area contributed by atoms with Gasteiger partial charge in [-0.25, -0.2) is 9.13 Å². The highest BCUT2D eigenvalue weighted by Crippen LogP contribution is 2.20. The summed E-state index contributed by atoms with van der Waals surface area (Å²) in [4.78, 5) is 0. The fourth-order valence-electron chi connectivity index (χ4n) is 2.02. The molecule has 0 radical (unpaired) electrons. The van der Waals surface area contributed by atoms with Crippen molar-refractivity contribution in [3.8, 4) is 0 Å². The van der Waals surface area contributed by atoms with Crippen LogP contribution in [0.25, 0.3) is 5.76 Å². The Labute approximate surface area is 111 Å². The first-order valence-electron chi connectivity index (χ1n) is 6.68. The van der Waals surface area contributed by atoms with Crippen LogP contribution in [0.2, 0.25) is 0 Å². The Balaban J connectivity index is 3.09. The number of methoxy groups -OCH3 is 1. The number of ether oxygens (including phenoxy) is 1. The van der Waals surface area contributed by atoms with Gasteiger partial charge in [-0.15, -0.1) is 0 Å². The van der Waals surface area contributed by atoms with Crippen molar-refractivity contribution in [2.75, 3.05) is 7.11 Å². The average Bonchev–Trinajstić information content (AvgIpc) is 2.60. The Morgan fingerprint density at radius 2 is 2.11 bits per heavy atom. The number of rotatable bonds is 5. The van der Waals surface area contributed by atoms with Gasteiger partial charge in [-0.1, -0.05) is 34.1 Å². The zero-order valence-electron chi connectivity index (χ0n) is 12.7. The van der Waals surface area contributed by atoms with E-state index in [-0.39, 0.29) is 5.41 Å². The first-order valence-corrected chi connectivity index (χ1v) is 6.68. The Hall–Kier alpha value is -1.25. The molecule has 1 aromatic heterocycles. The van der Waals surface area contributed by atoms with Gasteiger partial charge in [-0.05, 0) is 17.9 Å². The lowest BCUT2D eigenvalue weighted by atomic mass is 9.97. The molecule has 1 rings (SSSR count). The molecular weight excluding hydrogens is 224 g/mol. The lowest BCUT2D eigenvalue weighted by Gasteiger charge is -2.16. The summed E-state index contributed by atoms with van der Waals surface area (Å²) in [6.07, 6.45) is 8.56. The number of imidazole rings is 1. The first kappa shape index (κ1) is 14.8. The molecule has 0 saturated carbocycles. The second kappa shape index (κ2) is 6.07. The Morgan fingerprint density at radius 1 is 1.44 bits per heavy atom. The van der Waals surface area contributed by atoms with Gasteiger partial charge in [-0.3, -0.25) is 0 Å². The van der Waals surface area contributed by atoms with Crippen molar-refractivity contribution >= 4 is 5.76 Å². The van der Waals surface area contributed by atoms with Crippen molar-refractivity contribution in [3.05, 3.63) is 24.3 Å². The van der Waals surface area contributed by atoms with Crippen LogP contribution in [-0.4, -0.2) is 11.7 Å². The lowest BCUT2D eigenvalue weighted by molar-refractivity contribution is -0.674. The molecule has 0 aromatic carbocycles. The van der Waals surface area contributed by atoms with Crippen LogP contribution >= 0.6 is 0 Å². The molecule has 0 aliphatic rings. The maximum absolute atomic E-state index is 5.55. The Morgan fingerprint density at radius 3 is 2.61 bits per heavy atom. The monoisotopic (exact) mass is 251 g/mol. The van der Waals surface area contributed by atoms with E-state index in [2.05, 4.69) is 62.3 Å². The van der Waals surface area contributed by atoms with E-state index in [1.54, 1.807) is 7.11 Å². The number of allylic oxidation sites excluding steroid dienone is 1. The van der Waals surface area contributed by atoms with Crippen molar-refractivity contribution in [1.29, 1.82) is 0 Å². The molecule has 3 heteroatoms. The van der Waals surface area contributed by atoms with E-state index >= 15 is 0 Å². The normalized spacial score (nSPS) is 12.9. The van der Waals surface area contributed by atoms with Crippen molar-refractivity contribution in [3.63, 3.8) is 0 Å². The molecule has 0 atom stereocenters. The zero-order valence-corrected chi connectivity index (χ0v) is 12.7. The molecule has 0 spiro atoms. The minimum Gasteiger partial charge on any atom is -0.489 e. The van der Waals surface area contributed by atoms with E-state index in [4.69, 9.17) is 4.74 Å². The highest BCUT2D eigenvalue weighted by Gasteiger charge is 2.24. The van der Waals surface area contributed by atoms with Gasteiger partial charge >= 0.3 is 5.82 Å². The van der Waals surface area contributed by atoms with Gasteiger partial charge < -0.3 is 4.74 Å². The summed E-state index contributed by atoms with van der Waals surface area (Å²) in [7, 11) is 3.81. The molecule has 18 heavy (non-hydrogen) atoms. The van der Waals surface area contributed by atoms with Crippen molar-refractivity contribution in [1.82, 2.24) is 4.57 Å². The average molecular weight is 251 g/mol. The summed E-state index contributed by atoms with van der Waals surface area (Å²) in [5.74, 6) is 2.11. The standard InChI is InChI=1S/C15H27N2O/c1-7-8-9-13(18-6)14-16(5)10-11-17(14)12-15(2,3)4/h9-11H,7-8,12H2,1-6H3/q+1/b13-9+. The van der Waals surface area contributed by atoms with Crippen molar-refractivity contribution in [2.24, 2.45) is 12.5 Å². The third-order valence-corrected chi connectivity index (χ3v) is 2.78. The van der Waals surface area contributed by atoms with E-state index in [9.17, 15) is 0 Å². The molecule has 0 saturated heterocycles. The maximum Gasteiger partial charge on any atom is 0.323 e. The number of unbranched alkanes of at least 4 members (excludes halogenated alkanes) is 1. The van der Waals surface area contributed by atoms with Gasteiger partial charge in [0.05, 0.1) is 20.7 Å². The molecular formula is C15H27N2O+. The van der Waals surface area contributed by atoms with E-state index < -0.39 is 0 Å². The predicted molar refractivity (Wildman–Crippen MR) is 75.0 cm³/mol. The minimum absolute atomic E-state index is 0.254. The molecule has 0 fully saturated rings. The van der Waals surface area contributed by atoms with Crippen molar-refractivity contribution < 1.29 is 9.30 Å². The summed E-state index contributed by atoms with van der Waals surface area (Å²) in [5.41, 5.74) is 0.254. The summed E-state index contributed by atoms with van der Waals surface area (Å²) < 4.78 is 9.94. The van der Waals surface area contributed by atoms with Crippen LogP contribution in [0, 0.1) is 5.41 Å². The van der Waals surface area contributed by atoms with Crippen LogP contribution in [0.3, 0.4) is 0 Å². The molecule has 1 aromatic rings. The third-order valence-electron chi connectivity index (χ3n) is 2.78. The van der Waals surface area contributed by atoms with Gasteiger partial charge in [0.25, 0.3) is 0 Å². The number of aromatic nitrogens is 2. The van der Waals surface area contributed by atoms with Crippen LogP contribution in [0.5, 0.6) is 0 Å². The topological polar surface area (TPSA) is 18.0 Å². The Kier molecular flexibility index (Phi) is 5.00. The van der Waals surface area contributed by atoms with Crippen LogP contribution in [0.1, 0.15) is 46.4 Å². The highest BCUT2D eigenvalue weighted by atomic mass is 16.5. The largest absolute Gasteiger partial charge is 0.489 e. The second-order valence-electron chi connectivity index (χ2n) is 5.98. The summed E-state index contributed by atoms with van der Waals surface area (Å²) in [5, 5.41) is 0. The summed E-state index contributed by atoms with van der Waals surface area (Å²) in [6, 6.07) is 0. The molecule has 1 heterocycles. The molecule has 3 nitrogen and oxygen atoms in total. The number of nitrogens with zero attached hydrogens (tertiary/aromatic N) is 2. The molecule has 0 N–H and O–H groups in total. The van der Waals surface area contributed by atoms with Gasteiger partial charge in [0.2, 0.25) is 5.76 Å². The minimum atomic E-state index is 0.254. The molecule has 102 valence electrons. The van der Waals surface area contributed by atoms with Crippen LogP contribution in [-0.2, 0) is 18.3 Å². The second-order valence-corrected chi connectivity index (χ2v) is 5.98. The van der Waals surface area contributed by atoms with Crippen LogP contribution < -0.4 is 4.57 Å².